The van der Waals surface area contributed by atoms with E-state index in [2.05, 4.69) is 10.3 Å². The second-order valence-electron chi connectivity index (χ2n) is 4.90. The van der Waals surface area contributed by atoms with E-state index < -0.39 is 0 Å². The van der Waals surface area contributed by atoms with Crippen LogP contribution in [0.1, 0.15) is 5.56 Å². The van der Waals surface area contributed by atoms with E-state index in [1.54, 1.807) is 13.3 Å². The molecule has 3 N–H and O–H groups in total. The number of anilines is 3. The van der Waals surface area contributed by atoms with Gasteiger partial charge in [0.25, 0.3) is 0 Å². The van der Waals surface area contributed by atoms with Crippen LogP contribution in [0.5, 0.6) is 5.75 Å². The number of rotatable bonds is 3. The number of nitrogens with one attached hydrogen (secondary N) is 1. The zero-order chi connectivity index (χ0) is 14.8. The zero-order valence-electron chi connectivity index (χ0n) is 12.1. The number of methoxy groups -OCH3 is 1. The number of nitrogen functional groups attached to an aromatic ring is 1. The number of hydrogen-bond donors (Lipinski definition) is 2. The minimum absolute atomic E-state index is 0.796. The van der Waals surface area contributed by atoms with E-state index in [-0.39, 0.29) is 0 Å². The molecule has 0 aliphatic heterocycles. The maximum absolute atomic E-state index is 6.15. The van der Waals surface area contributed by atoms with Crippen LogP contribution in [-0.4, -0.2) is 12.1 Å². The first kappa shape index (κ1) is 13.2. The monoisotopic (exact) mass is 279 g/mol. The van der Waals surface area contributed by atoms with Crippen molar-refractivity contribution in [3.05, 3.63) is 54.2 Å². The minimum atomic E-state index is 0.796. The predicted octanol–water partition coefficient (Wildman–Crippen LogP) is 3.88. The van der Waals surface area contributed by atoms with Crippen LogP contribution < -0.4 is 15.8 Å². The van der Waals surface area contributed by atoms with Crippen LogP contribution in [0, 0.1) is 6.92 Å². The van der Waals surface area contributed by atoms with Gasteiger partial charge in [-0.05, 0) is 42.8 Å². The molecule has 0 aliphatic carbocycles. The van der Waals surface area contributed by atoms with Gasteiger partial charge in [-0.2, -0.15) is 0 Å². The Kier molecular flexibility index (Phi) is 3.36. The molecule has 0 radical (unpaired) electrons. The average Bonchev–Trinajstić information content (AvgIpc) is 2.52. The molecule has 1 aromatic heterocycles. The lowest BCUT2D eigenvalue weighted by Crippen LogP contribution is -1.97. The van der Waals surface area contributed by atoms with Crippen LogP contribution in [0.15, 0.2) is 48.7 Å². The Morgan fingerprint density at radius 1 is 1.00 bits per heavy atom. The smallest absolute Gasteiger partial charge is 0.138 e. The van der Waals surface area contributed by atoms with Gasteiger partial charge in [0.15, 0.2) is 0 Å². The maximum Gasteiger partial charge on any atom is 0.138 e. The second-order valence-corrected chi connectivity index (χ2v) is 4.90. The molecule has 106 valence electrons. The molecule has 0 bridgehead atoms. The molecular weight excluding hydrogens is 262 g/mol. The average molecular weight is 279 g/mol. The van der Waals surface area contributed by atoms with Crippen molar-refractivity contribution in [3.63, 3.8) is 0 Å². The molecule has 0 saturated carbocycles. The van der Waals surface area contributed by atoms with Crippen molar-refractivity contribution in [2.24, 2.45) is 0 Å². The third-order valence-corrected chi connectivity index (χ3v) is 3.56. The number of nitrogens with two attached hydrogens (primary N) is 1. The Morgan fingerprint density at radius 2 is 1.76 bits per heavy atom. The van der Waals surface area contributed by atoms with Crippen molar-refractivity contribution in [2.45, 2.75) is 6.92 Å². The highest BCUT2D eigenvalue weighted by molar-refractivity contribution is 6.01. The molecule has 4 nitrogen and oxygen atoms in total. The molecule has 0 amide bonds. The van der Waals surface area contributed by atoms with Crippen LogP contribution in [0.3, 0.4) is 0 Å². The second kappa shape index (κ2) is 5.32. The quantitative estimate of drug-likeness (QED) is 0.714. The highest BCUT2D eigenvalue weighted by atomic mass is 16.5. The molecule has 0 atom stereocenters. The first-order valence-electron chi connectivity index (χ1n) is 6.74. The first-order valence-corrected chi connectivity index (χ1v) is 6.74. The fourth-order valence-electron chi connectivity index (χ4n) is 2.30. The van der Waals surface area contributed by atoms with E-state index in [1.165, 1.54) is 0 Å². The zero-order valence-corrected chi connectivity index (χ0v) is 12.1. The standard InChI is InChI=1S/C17H17N3O/c1-11-3-8-15-14(16(11)18)9-10-19-17(15)20-12-4-6-13(21-2)7-5-12/h3-10H,18H2,1-2H3,(H,19,20). The summed E-state index contributed by atoms with van der Waals surface area (Å²) in [5.41, 5.74) is 8.97. The number of fused-ring (bicyclic) bond motifs is 1. The van der Waals surface area contributed by atoms with Gasteiger partial charge in [-0.3, -0.25) is 0 Å². The van der Waals surface area contributed by atoms with E-state index >= 15 is 0 Å². The van der Waals surface area contributed by atoms with E-state index in [0.717, 1.165) is 39.3 Å². The SMILES string of the molecule is COc1ccc(Nc2nccc3c(N)c(C)ccc23)cc1. The fraction of sp³-hybridized carbons (Fsp3) is 0.118. The van der Waals surface area contributed by atoms with Gasteiger partial charge in [-0.1, -0.05) is 12.1 Å². The summed E-state index contributed by atoms with van der Waals surface area (Å²) in [4.78, 5) is 4.42. The van der Waals surface area contributed by atoms with E-state index in [9.17, 15) is 0 Å². The van der Waals surface area contributed by atoms with Gasteiger partial charge in [-0.15, -0.1) is 0 Å². The van der Waals surface area contributed by atoms with Crippen molar-refractivity contribution in [1.29, 1.82) is 0 Å². The van der Waals surface area contributed by atoms with Gasteiger partial charge < -0.3 is 15.8 Å². The number of benzene rings is 2. The molecule has 4 heteroatoms. The number of aromatic nitrogens is 1. The molecule has 0 unspecified atom stereocenters. The summed E-state index contributed by atoms with van der Waals surface area (Å²) in [7, 11) is 1.65. The van der Waals surface area contributed by atoms with Gasteiger partial charge in [0.2, 0.25) is 0 Å². The summed E-state index contributed by atoms with van der Waals surface area (Å²) < 4.78 is 5.16. The fourth-order valence-corrected chi connectivity index (χ4v) is 2.30. The Labute approximate surface area is 123 Å². The lowest BCUT2D eigenvalue weighted by atomic mass is 10.1. The molecule has 0 fully saturated rings. The number of ether oxygens (including phenoxy) is 1. The summed E-state index contributed by atoms with van der Waals surface area (Å²) in [5, 5.41) is 5.35. The lowest BCUT2D eigenvalue weighted by molar-refractivity contribution is 0.415. The van der Waals surface area contributed by atoms with Crippen LogP contribution in [-0.2, 0) is 0 Å². The highest BCUT2D eigenvalue weighted by Crippen LogP contribution is 2.30. The number of nitrogens with zero attached hydrogens (tertiary/aromatic N) is 1. The topological polar surface area (TPSA) is 60.2 Å². The van der Waals surface area contributed by atoms with Crippen LogP contribution in [0.4, 0.5) is 17.2 Å². The van der Waals surface area contributed by atoms with Gasteiger partial charge in [0, 0.05) is 28.3 Å². The van der Waals surface area contributed by atoms with Gasteiger partial charge >= 0.3 is 0 Å². The van der Waals surface area contributed by atoms with Gasteiger partial charge in [0.05, 0.1) is 7.11 Å². The van der Waals surface area contributed by atoms with E-state index in [0.29, 0.717) is 0 Å². The van der Waals surface area contributed by atoms with Gasteiger partial charge in [-0.25, -0.2) is 4.98 Å². The summed E-state index contributed by atoms with van der Waals surface area (Å²) in [6.07, 6.45) is 1.77. The molecule has 0 aliphatic rings. The molecule has 2 aromatic carbocycles. The van der Waals surface area contributed by atoms with Crippen molar-refractivity contribution in [2.75, 3.05) is 18.2 Å². The Hall–Kier alpha value is -2.75. The third kappa shape index (κ3) is 2.48. The van der Waals surface area contributed by atoms with E-state index in [1.807, 2.05) is 49.4 Å². The van der Waals surface area contributed by atoms with Crippen LogP contribution in [0.2, 0.25) is 0 Å². The Morgan fingerprint density at radius 3 is 2.48 bits per heavy atom. The molecule has 21 heavy (non-hydrogen) atoms. The minimum Gasteiger partial charge on any atom is -0.497 e. The first-order chi connectivity index (χ1) is 10.2. The molecule has 1 heterocycles. The van der Waals surface area contributed by atoms with Crippen molar-refractivity contribution in [1.82, 2.24) is 4.98 Å². The molecule has 3 rings (SSSR count). The van der Waals surface area contributed by atoms with E-state index in [4.69, 9.17) is 10.5 Å². The summed E-state index contributed by atoms with van der Waals surface area (Å²) in [6.45, 7) is 2.01. The van der Waals surface area contributed by atoms with Crippen molar-refractivity contribution < 1.29 is 4.74 Å². The molecule has 0 saturated heterocycles. The number of hydrogen-bond acceptors (Lipinski definition) is 4. The third-order valence-electron chi connectivity index (χ3n) is 3.56. The molecule has 0 spiro atoms. The van der Waals surface area contributed by atoms with Gasteiger partial charge in [0.1, 0.15) is 11.6 Å². The molecule has 3 aromatic rings. The largest absolute Gasteiger partial charge is 0.497 e. The number of aryl methyl sites for hydroxylation is 1. The summed E-state index contributed by atoms with van der Waals surface area (Å²) in [5.74, 6) is 1.62. The Bertz CT molecular complexity index is 782. The lowest BCUT2D eigenvalue weighted by Gasteiger charge is -2.11. The predicted molar refractivity (Wildman–Crippen MR) is 87.2 cm³/mol. The highest BCUT2D eigenvalue weighted by Gasteiger charge is 2.07. The normalized spacial score (nSPS) is 10.6. The Balaban J connectivity index is 2.02. The molecular formula is C17H17N3O. The van der Waals surface area contributed by atoms with Crippen molar-refractivity contribution >= 4 is 28.0 Å². The number of pyridine rings is 1. The summed E-state index contributed by atoms with van der Waals surface area (Å²) >= 11 is 0. The maximum atomic E-state index is 6.15. The van der Waals surface area contributed by atoms with Crippen molar-refractivity contribution in [3.8, 4) is 5.75 Å². The van der Waals surface area contributed by atoms with Crippen LogP contribution >= 0.6 is 0 Å². The van der Waals surface area contributed by atoms with Crippen LogP contribution in [0.25, 0.3) is 10.8 Å². The summed E-state index contributed by atoms with van der Waals surface area (Å²) in [6, 6.07) is 13.7.